The van der Waals surface area contributed by atoms with Crippen LogP contribution in [0.3, 0.4) is 0 Å². The molecule has 1 fully saturated rings. The number of ether oxygens (including phenoxy) is 1. The maximum atomic E-state index is 11.0. The van der Waals surface area contributed by atoms with Gasteiger partial charge >= 0.3 is 6.09 Å². The molecule has 0 spiro atoms. The molecule has 1 aliphatic rings. The molecule has 5 heteroatoms. The summed E-state index contributed by atoms with van der Waals surface area (Å²) in [5.74, 6) is 0. The van der Waals surface area contributed by atoms with Crippen molar-refractivity contribution in [3.05, 3.63) is 0 Å². The van der Waals surface area contributed by atoms with E-state index in [2.05, 4.69) is 15.9 Å². The van der Waals surface area contributed by atoms with Crippen LogP contribution in [0.25, 0.3) is 0 Å². The highest BCUT2D eigenvalue weighted by atomic mass is 79.9. The maximum absolute atomic E-state index is 11.0. The van der Waals surface area contributed by atoms with Gasteiger partial charge < -0.3 is 4.74 Å². The average Bonchev–Trinajstić information content (AvgIpc) is 2.14. The van der Waals surface area contributed by atoms with Crippen LogP contribution in [-0.4, -0.2) is 32.8 Å². The molecule has 0 aromatic heterocycles. The minimum absolute atomic E-state index is 0.496. The van der Waals surface area contributed by atoms with E-state index < -0.39 is 17.2 Å². The zero-order valence-corrected chi connectivity index (χ0v) is 8.88. The summed E-state index contributed by atoms with van der Waals surface area (Å²) in [6, 6.07) is 0. The third-order valence-corrected chi connectivity index (χ3v) is 3.63. The van der Waals surface area contributed by atoms with E-state index in [0.717, 1.165) is 0 Å². The van der Waals surface area contributed by atoms with Gasteiger partial charge in [-0.2, -0.15) is 5.06 Å². The standard InChI is InChI=1S/C7H12BrNO3/c1-6(2)7(3,4-8)12-5(10)9(6)11/h11H,4H2,1-3H3. The minimum atomic E-state index is -0.701. The summed E-state index contributed by atoms with van der Waals surface area (Å²) in [7, 11) is 0. The number of amides is 1. The van der Waals surface area contributed by atoms with Crippen molar-refractivity contribution in [3.63, 3.8) is 0 Å². The van der Waals surface area contributed by atoms with Crippen LogP contribution in [0.15, 0.2) is 0 Å². The van der Waals surface area contributed by atoms with E-state index in [1.54, 1.807) is 20.8 Å². The highest BCUT2D eigenvalue weighted by Crippen LogP contribution is 2.38. The molecule has 12 heavy (non-hydrogen) atoms. The van der Waals surface area contributed by atoms with E-state index in [0.29, 0.717) is 10.4 Å². The van der Waals surface area contributed by atoms with Crippen molar-refractivity contribution in [1.82, 2.24) is 5.06 Å². The van der Waals surface area contributed by atoms with Crippen molar-refractivity contribution in [3.8, 4) is 0 Å². The second-order valence-electron chi connectivity index (χ2n) is 3.60. The first-order chi connectivity index (χ1) is 5.35. The first kappa shape index (κ1) is 9.80. The molecule has 1 amide bonds. The monoisotopic (exact) mass is 237 g/mol. The topological polar surface area (TPSA) is 49.8 Å². The second kappa shape index (κ2) is 2.60. The van der Waals surface area contributed by atoms with E-state index in [1.807, 2.05) is 0 Å². The third-order valence-electron chi connectivity index (χ3n) is 2.56. The van der Waals surface area contributed by atoms with Crippen molar-refractivity contribution >= 4 is 22.0 Å². The number of carbonyl (C=O) groups is 1. The number of hydrogen-bond acceptors (Lipinski definition) is 3. The second-order valence-corrected chi connectivity index (χ2v) is 4.16. The van der Waals surface area contributed by atoms with Crippen molar-refractivity contribution in [2.75, 3.05) is 5.33 Å². The lowest BCUT2D eigenvalue weighted by atomic mass is 9.87. The lowest BCUT2D eigenvalue weighted by molar-refractivity contribution is -0.109. The molecule has 0 radical (unpaired) electrons. The molecule has 0 bridgehead atoms. The molecule has 4 nitrogen and oxygen atoms in total. The average molecular weight is 238 g/mol. The van der Waals surface area contributed by atoms with Gasteiger partial charge in [-0.25, -0.2) is 4.79 Å². The van der Waals surface area contributed by atoms with Crippen LogP contribution in [-0.2, 0) is 4.74 Å². The summed E-state index contributed by atoms with van der Waals surface area (Å²) >= 11 is 3.25. The van der Waals surface area contributed by atoms with Crippen LogP contribution in [0.1, 0.15) is 20.8 Å². The van der Waals surface area contributed by atoms with Gasteiger partial charge in [0.2, 0.25) is 0 Å². The van der Waals surface area contributed by atoms with E-state index in [9.17, 15) is 10.0 Å². The number of nitrogens with zero attached hydrogens (tertiary/aromatic N) is 1. The lowest BCUT2D eigenvalue weighted by Gasteiger charge is -2.34. The first-order valence-electron chi connectivity index (χ1n) is 3.63. The highest BCUT2D eigenvalue weighted by molar-refractivity contribution is 9.09. The quantitative estimate of drug-likeness (QED) is 0.559. The Labute approximate surface area is 79.6 Å². The molecule has 0 saturated carbocycles. The minimum Gasteiger partial charge on any atom is -0.438 e. The highest BCUT2D eigenvalue weighted by Gasteiger charge is 2.56. The van der Waals surface area contributed by atoms with Crippen molar-refractivity contribution in [1.29, 1.82) is 0 Å². The molecule has 0 aromatic carbocycles. The zero-order valence-electron chi connectivity index (χ0n) is 7.30. The Bertz CT molecular complexity index is 216. The van der Waals surface area contributed by atoms with Gasteiger partial charge in [-0.3, -0.25) is 5.21 Å². The number of hydroxylamine groups is 2. The number of rotatable bonds is 1. The van der Waals surface area contributed by atoms with Gasteiger partial charge in [0.05, 0.1) is 0 Å². The Morgan fingerprint density at radius 2 is 2.08 bits per heavy atom. The summed E-state index contributed by atoms with van der Waals surface area (Å²) in [6.07, 6.45) is -0.693. The van der Waals surface area contributed by atoms with Gasteiger partial charge in [0.15, 0.2) is 0 Å². The Morgan fingerprint density at radius 3 is 2.25 bits per heavy atom. The molecule has 0 aliphatic carbocycles. The number of carbonyl (C=O) groups excluding carboxylic acids is 1. The third kappa shape index (κ3) is 1.03. The predicted molar refractivity (Wildman–Crippen MR) is 46.4 cm³/mol. The summed E-state index contributed by atoms with van der Waals surface area (Å²) < 4.78 is 5.02. The molecule has 1 atom stereocenters. The van der Waals surface area contributed by atoms with Crippen molar-refractivity contribution in [2.45, 2.75) is 31.9 Å². The van der Waals surface area contributed by atoms with Gasteiger partial charge in [0.25, 0.3) is 0 Å². The Balaban J connectivity index is 3.02. The smallest absolute Gasteiger partial charge is 0.435 e. The van der Waals surface area contributed by atoms with Gasteiger partial charge in [0.1, 0.15) is 11.1 Å². The van der Waals surface area contributed by atoms with Crippen LogP contribution in [0.4, 0.5) is 4.79 Å². The Morgan fingerprint density at radius 1 is 1.58 bits per heavy atom. The normalized spacial score (nSPS) is 33.8. The first-order valence-corrected chi connectivity index (χ1v) is 4.75. The fourth-order valence-corrected chi connectivity index (χ4v) is 1.80. The van der Waals surface area contributed by atoms with Gasteiger partial charge in [-0.1, -0.05) is 15.9 Å². The number of hydrogen-bond donors (Lipinski definition) is 1. The predicted octanol–water partition coefficient (Wildman–Crippen LogP) is 1.76. The molecule has 1 N–H and O–H groups in total. The summed E-state index contributed by atoms with van der Waals surface area (Å²) in [6.45, 7) is 5.27. The van der Waals surface area contributed by atoms with Gasteiger partial charge in [0, 0.05) is 5.33 Å². The van der Waals surface area contributed by atoms with Crippen molar-refractivity contribution < 1.29 is 14.7 Å². The van der Waals surface area contributed by atoms with E-state index in [4.69, 9.17) is 4.74 Å². The largest absolute Gasteiger partial charge is 0.438 e. The summed E-state index contributed by atoms with van der Waals surface area (Å²) in [4.78, 5) is 11.0. The van der Waals surface area contributed by atoms with Gasteiger partial charge in [-0.15, -0.1) is 0 Å². The molecule has 70 valence electrons. The molecule has 1 heterocycles. The lowest BCUT2D eigenvalue weighted by Crippen LogP contribution is -2.52. The Kier molecular flexibility index (Phi) is 2.12. The number of cyclic esters (lactones) is 1. The van der Waals surface area contributed by atoms with E-state index >= 15 is 0 Å². The molecular formula is C7H12BrNO3. The zero-order chi connectivity index (χ0) is 9.57. The van der Waals surface area contributed by atoms with E-state index in [-0.39, 0.29) is 0 Å². The fourth-order valence-electron chi connectivity index (χ4n) is 1.00. The van der Waals surface area contributed by atoms with E-state index in [1.165, 1.54) is 0 Å². The summed E-state index contributed by atoms with van der Waals surface area (Å²) in [5, 5.41) is 10.5. The number of alkyl halides is 1. The van der Waals surface area contributed by atoms with Crippen LogP contribution >= 0.6 is 15.9 Å². The molecule has 0 aromatic rings. The van der Waals surface area contributed by atoms with Crippen molar-refractivity contribution in [2.24, 2.45) is 0 Å². The molecule has 1 aliphatic heterocycles. The van der Waals surface area contributed by atoms with Gasteiger partial charge in [-0.05, 0) is 20.8 Å². The Hall–Kier alpha value is -0.290. The van der Waals surface area contributed by atoms with Crippen LogP contribution in [0.5, 0.6) is 0 Å². The molecular weight excluding hydrogens is 226 g/mol. The summed E-state index contributed by atoms with van der Waals surface area (Å²) in [5.41, 5.74) is -1.38. The van der Waals surface area contributed by atoms with Crippen LogP contribution in [0.2, 0.25) is 0 Å². The number of halogens is 1. The maximum Gasteiger partial charge on any atom is 0.435 e. The SMILES string of the molecule is CC1(CBr)OC(=O)N(O)C1(C)C. The van der Waals surface area contributed by atoms with Crippen LogP contribution < -0.4 is 0 Å². The fraction of sp³-hybridized carbons (Fsp3) is 0.857. The molecule has 1 unspecified atom stereocenters. The molecule has 1 rings (SSSR count). The van der Waals surface area contributed by atoms with Crippen LogP contribution in [0, 0.1) is 0 Å². The molecule has 1 saturated heterocycles.